The van der Waals surface area contributed by atoms with Crippen molar-refractivity contribution in [3.05, 3.63) is 71.7 Å². The monoisotopic (exact) mass is 646 g/mol. The smallest absolute Gasteiger partial charge is 0.262 e. The first-order chi connectivity index (χ1) is 23.4. The van der Waals surface area contributed by atoms with Crippen LogP contribution in [0.3, 0.4) is 0 Å². The Morgan fingerprint density at radius 3 is 2.56 bits per heavy atom. The second-order valence-corrected chi connectivity index (χ2v) is 13.5. The first-order valence-corrected chi connectivity index (χ1v) is 17.0. The highest BCUT2D eigenvalue weighted by molar-refractivity contribution is 6.23. The zero-order chi connectivity index (χ0) is 32.8. The molecule has 2 saturated heterocycles. The molecule has 4 amide bonds. The van der Waals surface area contributed by atoms with Gasteiger partial charge in [0.25, 0.3) is 11.8 Å². The van der Waals surface area contributed by atoms with E-state index < -0.39 is 23.8 Å². The maximum atomic E-state index is 13.1. The average molecular weight is 647 g/mol. The third kappa shape index (κ3) is 5.74. The van der Waals surface area contributed by atoms with Gasteiger partial charge in [-0.1, -0.05) is 6.07 Å². The van der Waals surface area contributed by atoms with Crippen molar-refractivity contribution in [3.8, 4) is 11.3 Å². The fourth-order valence-corrected chi connectivity index (χ4v) is 7.60. The Morgan fingerprint density at radius 2 is 1.73 bits per heavy atom. The summed E-state index contributed by atoms with van der Waals surface area (Å²) in [6.07, 6.45) is 12.6. The number of benzene rings is 2. The number of hydrogen-bond donors (Lipinski definition) is 3. The molecule has 8 rings (SSSR count). The van der Waals surface area contributed by atoms with Crippen molar-refractivity contribution in [1.29, 1.82) is 0 Å². The quantitative estimate of drug-likeness (QED) is 0.180. The number of nitrogens with one attached hydrogen (secondary N) is 3. The number of nitrogens with zero attached hydrogens (tertiary/aromatic N) is 5. The Bertz CT molecular complexity index is 1930. The van der Waals surface area contributed by atoms with Crippen LogP contribution in [-0.4, -0.2) is 74.0 Å². The van der Waals surface area contributed by atoms with E-state index in [9.17, 15) is 19.2 Å². The van der Waals surface area contributed by atoms with E-state index in [1.165, 1.54) is 5.56 Å². The lowest BCUT2D eigenvalue weighted by molar-refractivity contribution is -0.136. The van der Waals surface area contributed by atoms with E-state index in [0.29, 0.717) is 17.9 Å². The number of rotatable bonds is 9. The van der Waals surface area contributed by atoms with Crippen LogP contribution >= 0.6 is 0 Å². The third-order valence-electron chi connectivity index (χ3n) is 10.4. The minimum Gasteiger partial charge on any atom is -0.385 e. The predicted molar refractivity (Wildman–Crippen MR) is 178 cm³/mol. The molecule has 5 heterocycles. The van der Waals surface area contributed by atoms with Crippen LogP contribution in [-0.2, 0) is 9.59 Å². The Balaban J connectivity index is 0.809. The normalized spacial score (nSPS) is 22.9. The Morgan fingerprint density at radius 1 is 0.896 bits per heavy atom. The zero-order valence-electron chi connectivity index (χ0n) is 26.7. The van der Waals surface area contributed by atoms with E-state index in [4.69, 9.17) is 9.97 Å². The third-order valence-corrected chi connectivity index (χ3v) is 10.4. The Labute approximate surface area is 277 Å². The van der Waals surface area contributed by atoms with E-state index in [0.717, 1.165) is 91.0 Å². The Kier molecular flexibility index (Phi) is 7.95. The first-order valence-electron chi connectivity index (χ1n) is 17.0. The van der Waals surface area contributed by atoms with Crippen LogP contribution in [0.15, 0.2) is 55.0 Å². The molecule has 3 N–H and O–H groups in total. The molecule has 246 valence electrons. The maximum absolute atomic E-state index is 13.1. The van der Waals surface area contributed by atoms with Crippen LogP contribution in [0.5, 0.6) is 0 Å². The highest BCUT2D eigenvalue weighted by Gasteiger charge is 2.44. The van der Waals surface area contributed by atoms with Gasteiger partial charge in [0.2, 0.25) is 11.8 Å². The highest BCUT2D eigenvalue weighted by Crippen LogP contribution is 2.40. The van der Waals surface area contributed by atoms with Crippen LogP contribution in [0, 0.1) is 5.92 Å². The maximum Gasteiger partial charge on any atom is 0.262 e. The molecule has 4 aromatic rings. The molecule has 0 spiro atoms. The topological polar surface area (TPSA) is 151 Å². The van der Waals surface area contributed by atoms with Gasteiger partial charge in [0, 0.05) is 30.4 Å². The fourth-order valence-electron chi connectivity index (χ4n) is 7.60. The van der Waals surface area contributed by atoms with Gasteiger partial charge < -0.3 is 10.6 Å². The largest absolute Gasteiger partial charge is 0.385 e. The van der Waals surface area contributed by atoms with Gasteiger partial charge in [-0.25, -0.2) is 4.98 Å². The molecular formula is C36H38N8O4. The molecule has 0 radical (unpaired) electrons. The molecule has 3 fully saturated rings. The lowest BCUT2D eigenvalue weighted by Gasteiger charge is -2.35. The van der Waals surface area contributed by atoms with Gasteiger partial charge in [0.05, 0.1) is 46.3 Å². The van der Waals surface area contributed by atoms with Gasteiger partial charge in [-0.2, -0.15) is 5.10 Å². The van der Waals surface area contributed by atoms with Crippen LogP contribution in [0.4, 0.5) is 5.69 Å². The molecule has 2 aromatic carbocycles. The standard InChI is InChI=1S/C36H38N8O4/c45-33-8-7-32(34(46)42-33)44-35(47)27-5-4-25(17-28(27)36(44)48)38-11-1-2-21-14-26(15-21)43-20-24(18-40-43)31-19-39-30-16-23(3-6-29(30)41-31)22-9-12-37-13-10-22/h3-6,16-22,26,32,37-38H,1-2,7-15H2,(H,42,45,46)/t21-,26-,32?. The highest BCUT2D eigenvalue weighted by atomic mass is 16.2. The minimum absolute atomic E-state index is 0.0986. The number of aromatic nitrogens is 4. The van der Waals surface area contributed by atoms with Crippen molar-refractivity contribution < 1.29 is 19.2 Å². The molecule has 2 aromatic heterocycles. The molecule has 0 bridgehead atoms. The molecule has 1 atom stereocenters. The zero-order valence-corrected chi connectivity index (χ0v) is 26.7. The molecule has 3 aliphatic heterocycles. The number of carbonyl (C=O) groups excluding carboxylic acids is 4. The molecule has 1 saturated carbocycles. The summed E-state index contributed by atoms with van der Waals surface area (Å²) in [6.45, 7) is 2.88. The molecule has 1 unspecified atom stereocenters. The fraction of sp³-hybridized carbons (Fsp3) is 0.417. The number of imide groups is 2. The summed E-state index contributed by atoms with van der Waals surface area (Å²) in [5, 5.41) is 13.7. The molecule has 48 heavy (non-hydrogen) atoms. The number of anilines is 1. The summed E-state index contributed by atoms with van der Waals surface area (Å²) in [6, 6.07) is 11.0. The van der Waals surface area contributed by atoms with Crippen molar-refractivity contribution in [3.63, 3.8) is 0 Å². The lowest BCUT2D eigenvalue weighted by Crippen LogP contribution is -2.54. The summed E-state index contributed by atoms with van der Waals surface area (Å²) >= 11 is 0. The van der Waals surface area contributed by atoms with E-state index in [1.54, 1.807) is 18.2 Å². The van der Waals surface area contributed by atoms with Gasteiger partial charge in [-0.05, 0) is 106 Å². The number of carbonyl (C=O) groups is 4. The van der Waals surface area contributed by atoms with E-state index in [2.05, 4.69) is 50.1 Å². The SMILES string of the molecule is O=C1CCC(N2C(=O)c3ccc(NCCC[C@H]4C[C@H](n5cc(-c6cnc7cc(C8CCNCC8)ccc7n6)cn5)C4)cc3C2=O)C(=O)N1. The number of fused-ring (bicyclic) bond motifs is 2. The minimum atomic E-state index is -0.962. The van der Waals surface area contributed by atoms with E-state index in [-0.39, 0.29) is 29.9 Å². The van der Waals surface area contributed by atoms with Crippen molar-refractivity contribution >= 4 is 40.3 Å². The van der Waals surface area contributed by atoms with E-state index in [1.807, 2.05) is 12.4 Å². The number of amides is 4. The summed E-state index contributed by atoms with van der Waals surface area (Å²) < 4.78 is 2.07. The molecule has 12 nitrogen and oxygen atoms in total. The van der Waals surface area contributed by atoms with E-state index >= 15 is 0 Å². The van der Waals surface area contributed by atoms with Gasteiger partial charge in [-0.3, -0.25) is 39.1 Å². The predicted octanol–water partition coefficient (Wildman–Crippen LogP) is 4.20. The van der Waals surface area contributed by atoms with Crippen LogP contribution in [0.2, 0.25) is 0 Å². The number of piperidine rings is 2. The van der Waals surface area contributed by atoms with Crippen LogP contribution < -0.4 is 16.0 Å². The second-order valence-electron chi connectivity index (χ2n) is 13.5. The van der Waals surface area contributed by atoms with Crippen molar-refractivity contribution in [1.82, 2.24) is 35.3 Å². The van der Waals surface area contributed by atoms with Crippen molar-refractivity contribution in [2.75, 3.05) is 25.0 Å². The molecule has 12 heteroatoms. The molecule has 1 aliphatic carbocycles. The molecular weight excluding hydrogens is 608 g/mol. The lowest BCUT2D eigenvalue weighted by atomic mass is 9.77. The number of hydrogen-bond acceptors (Lipinski definition) is 9. The van der Waals surface area contributed by atoms with Gasteiger partial charge in [-0.15, -0.1) is 0 Å². The first kappa shape index (κ1) is 30.4. The average Bonchev–Trinajstić information content (AvgIpc) is 3.66. The second kappa shape index (κ2) is 12.6. The van der Waals surface area contributed by atoms with Gasteiger partial charge in [0.15, 0.2) is 0 Å². The summed E-state index contributed by atoms with van der Waals surface area (Å²) in [5.41, 5.74) is 6.35. The Hall–Kier alpha value is -4.97. The van der Waals surface area contributed by atoms with Crippen LogP contribution in [0.1, 0.15) is 89.6 Å². The molecule has 4 aliphatic rings. The van der Waals surface area contributed by atoms with Crippen LogP contribution in [0.25, 0.3) is 22.3 Å². The van der Waals surface area contributed by atoms with Crippen molar-refractivity contribution in [2.24, 2.45) is 5.92 Å². The summed E-state index contributed by atoms with van der Waals surface area (Å²) in [7, 11) is 0. The van der Waals surface area contributed by atoms with Crippen molar-refractivity contribution in [2.45, 2.75) is 69.4 Å². The summed E-state index contributed by atoms with van der Waals surface area (Å²) in [4.78, 5) is 60.5. The van der Waals surface area contributed by atoms with Gasteiger partial charge in [0.1, 0.15) is 6.04 Å². The summed E-state index contributed by atoms with van der Waals surface area (Å²) in [5.74, 6) is -0.771. The van der Waals surface area contributed by atoms with Gasteiger partial charge >= 0.3 is 0 Å².